The van der Waals surface area contributed by atoms with Gasteiger partial charge >= 0.3 is 0 Å². The number of hydrogen-bond donors (Lipinski definition) is 0. The van der Waals surface area contributed by atoms with Crippen LogP contribution in [0.3, 0.4) is 0 Å². The van der Waals surface area contributed by atoms with Gasteiger partial charge in [-0.05, 0) is 51.3 Å². The second-order valence-corrected chi connectivity index (χ2v) is 11.3. The molecule has 1 fully saturated rings. The van der Waals surface area contributed by atoms with Crippen LogP contribution in [0.4, 0.5) is 0 Å². The molecule has 1 saturated heterocycles. The van der Waals surface area contributed by atoms with Crippen LogP contribution in [-0.4, -0.2) is 69.4 Å². The van der Waals surface area contributed by atoms with Gasteiger partial charge in [-0.15, -0.1) is 0 Å². The average molecular weight is 562 g/mol. The van der Waals surface area contributed by atoms with Gasteiger partial charge in [0.25, 0.3) is 0 Å². The van der Waals surface area contributed by atoms with Gasteiger partial charge in [-0.1, -0.05) is 25.6 Å². The van der Waals surface area contributed by atoms with Crippen LogP contribution in [-0.2, 0) is 17.6 Å². The molecule has 0 aromatic heterocycles. The minimum absolute atomic E-state index is 0.0135. The molecule has 0 N–H and O–H groups in total. The summed E-state index contributed by atoms with van der Waals surface area (Å²) in [5.41, 5.74) is 6.46. The maximum atomic E-state index is 10.7. The van der Waals surface area contributed by atoms with E-state index in [2.05, 4.69) is 42.5 Å². The number of ether oxygens (including phenoxy) is 6. The summed E-state index contributed by atoms with van der Waals surface area (Å²) in [5.74, 6) is 3.80. The molecule has 4 heterocycles. The molecule has 218 valence electrons. The molecule has 4 aliphatic rings. The van der Waals surface area contributed by atoms with Crippen molar-refractivity contribution in [3.8, 4) is 34.8 Å². The summed E-state index contributed by atoms with van der Waals surface area (Å²) in [7, 11) is 5.45. The number of rotatable bonds is 8. The smallest absolute Gasteiger partial charge is 0.231 e. The zero-order chi connectivity index (χ0) is 29.0. The lowest BCUT2D eigenvalue weighted by atomic mass is 9.71. The number of nitriles is 1. The summed E-state index contributed by atoms with van der Waals surface area (Å²) in [6.07, 6.45) is 3.98. The summed E-state index contributed by atoms with van der Waals surface area (Å²) in [5, 5.41) is 10.7. The normalized spacial score (nSPS) is 25.9. The first kappa shape index (κ1) is 27.7. The number of benzene rings is 2. The number of aryl methyl sites for hydroxylation is 1. The van der Waals surface area contributed by atoms with Crippen LogP contribution < -0.4 is 23.7 Å². The van der Waals surface area contributed by atoms with E-state index in [0.717, 1.165) is 69.4 Å². The van der Waals surface area contributed by atoms with Gasteiger partial charge in [0.2, 0.25) is 6.79 Å². The standard InChI is InChI=1S/C32H39N3O6/c1-8-10-38-29-18(4)30-32(41-16-40-30)26-20(29)13-23-27-25-19(11-17(3)28(37-7)31(25)39-15-36-6)12-22(34(27)5)24(14-33)35(23)21(26)9-2/h8,11,21-24,27H,1,9-10,12-13,15-16H2,2-7H3/t21-,22?,23?,24?,27?/m0/s1. The summed E-state index contributed by atoms with van der Waals surface area (Å²) >= 11 is 0. The minimum atomic E-state index is -0.310. The van der Waals surface area contributed by atoms with Crippen molar-refractivity contribution < 1.29 is 28.4 Å². The van der Waals surface area contributed by atoms with E-state index >= 15 is 0 Å². The molecule has 6 rings (SSSR count). The molecule has 41 heavy (non-hydrogen) atoms. The molecular formula is C32H39N3O6. The van der Waals surface area contributed by atoms with Gasteiger partial charge in [0.05, 0.1) is 19.2 Å². The summed E-state index contributed by atoms with van der Waals surface area (Å²) < 4.78 is 36.0. The van der Waals surface area contributed by atoms with Gasteiger partial charge in [-0.25, -0.2) is 0 Å². The third kappa shape index (κ3) is 3.99. The van der Waals surface area contributed by atoms with Crippen LogP contribution in [0.2, 0.25) is 0 Å². The fourth-order valence-electron chi connectivity index (χ4n) is 7.81. The van der Waals surface area contributed by atoms with Crippen LogP contribution in [0, 0.1) is 25.2 Å². The van der Waals surface area contributed by atoms with Crippen molar-refractivity contribution in [1.29, 1.82) is 5.26 Å². The van der Waals surface area contributed by atoms with E-state index in [-0.39, 0.29) is 43.8 Å². The van der Waals surface area contributed by atoms with Crippen LogP contribution in [0.15, 0.2) is 18.7 Å². The SMILES string of the molecule is C=CCOc1c(C)c2c(c3c1CC1C4c5c(cc(C)c(OC)c5OCOC)CC(C(C#N)N1[C@H]3CC)N4C)OCO2. The molecule has 0 saturated carbocycles. The highest BCUT2D eigenvalue weighted by Gasteiger charge is 2.56. The number of piperazine rings is 1. The van der Waals surface area contributed by atoms with Crippen LogP contribution in [0.5, 0.6) is 28.7 Å². The Labute approximate surface area is 242 Å². The lowest BCUT2D eigenvalue weighted by Gasteiger charge is -2.60. The molecule has 2 aromatic rings. The van der Waals surface area contributed by atoms with E-state index in [1.165, 1.54) is 5.56 Å². The number of methoxy groups -OCH3 is 2. The Kier molecular flexibility index (Phi) is 7.26. The van der Waals surface area contributed by atoms with E-state index in [0.29, 0.717) is 13.0 Å². The fourth-order valence-corrected chi connectivity index (χ4v) is 7.81. The van der Waals surface area contributed by atoms with Gasteiger partial charge in [0.15, 0.2) is 29.8 Å². The van der Waals surface area contributed by atoms with Crippen LogP contribution in [0.1, 0.15) is 58.8 Å². The average Bonchev–Trinajstić information content (AvgIpc) is 3.46. The summed E-state index contributed by atoms with van der Waals surface area (Å²) in [6.45, 7) is 10.8. The molecular weight excluding hydrogens is 522 g/mol. The van der Waals surface area contributed by atoms with Crippen molar-refractivity contribution in [3.63, 3.8) is 0 Å². The molecule has 0 amide bonds. The van der Waals surface area contributed by atoms with Gasteiger partial charge in [0.1, 0.15) is 18.4 Å². The Morgan fingerprint density at radius 1 is 1.07 bits per heavy atom. The van der Waals surface area contributed by atoms with Crippen LogP contribution in [0.25, 0.3) is 0 Å². The minimum Gasteiger partial charge on any atom is -0.493 e. The second kappa shape index (κ2) is 10.8. The molecule has 0 radical (unpaired) electrons. The van der Waals surface area contributed by atoms with Crippen molar-refractivity contribution >= 4 is 0 Å². The highest BCUT2D eigenvalue weighted by Crippen LogP contribution is 2.59. The quantitative estimate of drug-likeness (QED) is 0.334. The van der Waals surface area contributed by atoms with E-state index < -0.39 is 0 Å². The first-order valence-electron chi connectivity index (χ1n) is 14.3. The van der Waals surface area contributed by atoms with Crippen molar-refractivity contribution in [2.45, 2.75) is 70.2 Å². The van der Waals surface area contributed by atoms with Gasteiger partial charge in [-0.3, -0.25) is 9.80 Å². The molecule has 4 unspecified atom stereocenters. The third-order valence-corrected chi connectivity index (χ3v) is 9.30. The topological polar surface area (TPSA) is 85.7 Å². The molecule has 9 nitrogen and oxygen atoms in total. The summed E-state index contributed by atoms with van der Waals surface area (Å²) in [6, 6.07) is 4.51. The first-order valence-corrected chi connectivity index (χ1v) is 14.3. The lowest BCUT2D eigenvalue weighted by molar-refractivity contribution is -0.0745. The number of nitrogens with zero attached hydrogens (tertiary/aromatic N) is 3. The first-order chi connectivity index (χ1) is 19.9. The zero-order valence-electron chi connectivity index (χ0n) is 24.8. The maximum Gasteiger partial charge on any atom is 0.231 e. The van der Waals surface area contributed by atoms with Crippen molar-refractivity contribution in [2.75, 3.05) is 41.5 Å². The number of fused-ring (bicyclic) bond motifs is 9. The van der Waals surface area contributed by atoms with Gasteiger partial charge < -0.3 is 28.4 Å². The van der Waals surface area contributed by atoms with E-state index in [4.69, 9.17) is 28.4 Å². The van der Waals surface area contributed by atoms with Gasteiger partial charge in [-0.2, -0.15) is 5.26 Å². The number of likely N-dealkylation sites (N-methyl/N-ethyl adjacent to an activating group) is 1. The highest BCUT2D eigenvalue weighted by atomic mass is 16.7. The summed E-state index contributed by atoms with van der Waals surface area (Å²) in [4.78, 5) is 4.83. The maximum absolute atomic E-state index is 10.7. The second-order valence-electron chi connectivity index (χ2n) is 11.3. The monoisotopic (exact) mass is 561 g/mol. The molecule has 9 heteroatoms. The van der Waals surface area contributed by atoms with Crippen molar-refractivity contribution in [1.82, 2.24) is 9.80 Å². The Morgan fingerprint density at radius 2 is 1.85 bits per heavy atom. The largest absolute Gasteiger partial charge is 0.493 e. The van der Waals surface area contributed by atoms with Crippen molar-refractivity contribution in [3.05, 3.63) is 52.1 Å². The Hall–Kier alpha value is -3.45. The predicted octanol–water partition coefficient (Wildman–Crippen LogP) is 4.77. The van der Waals surface area contributed by atoms with E-state index in [9.17, 15) is 5.26 Å². The predicted molar refractivity (Wildman–Crippen MR) is 153 cm³/mol. The van der Waals surface area contributed by atoms with E-state index in [1.54, 1.807) is 20.3 Å². The molecule has 2 bridgehead atoms. The Bertz CT molecular complexity index is 1420. The highest BCUT2D eigenvalue weighted by molar-refractivity contribution is 5.66. The molecule has 2 aromatic carbocycles. The van der Waals surface area contributed by atoms with Crippen LogP contribution >= 0.6 is 0 Å². The molecule has 5 atom stereocenters. The molecule has 0 spiro atoms. The van der Waals surface area contributed by atoms with E-state index in [1.807, 2.05) is 13.8 Å². The molecule has 4 aliphatic heterocycles. The number of hydrogen-bond acceptors (Lipinski definition) is 9. The Balaban J connectivity index is 1.60. The zero-order valence-corrected chi connectivity index (χ0v) is 24.8. The van der Waals surface area contributed by atoms with Crippen molar-refractivity contribution in [2.24, 2.45) is 0 Å². The lowest BCUT2D eigenvalue weighted by Crippen LogP contribution is -2.68. The fraction of sp³-hybridized carbons (Fsp3) is 0.531. The third-order valence-electron chi connectivity index (χ3n) is 9.30. The molecule has 0 aliphatic carbocycles. The Morgan fingerprint density at radius 3 is 2.54 bits per heavy atom. The van der Waals surface area contributed by atoms with Gasteiger partial charge in [0, 0.05) is 47.5 Å².